The average Bonchev–Trinajstić information content (AvgIpc) is 3.04. The molecule has 0 saturated carbocycles. The lowest BCUT2D eigenvalue weighted by Crippen LogP contribution is -2.41. The van der Waals surface area contributed by atoms with Gasteiger partial charge in [-0.1, -0.05) is 0 Å². The van der Waals surface area contributed by atoms with Crippen LogP contribution in [0.1, 0.15) is 23.3 Å². The van der Waals surface area contributed by atoms with Gasteiger partial charge in [0.1, 0.15) is 11.7 Å². The van der Waals surface area contributed by atoms with Crippen LogP contribution < -0.4 is 0 Å². The Bertz CT molecular complexity index is 502. The van der Waals surface area contributed by atoms with Crippen molar-refractivity contribution in [2.24, 2.45) is 0 Å². The van der Waals surface area contributed by atoms with Crippen molar-refractivity contribution < 1.29 is 23.1 Å². The van der Waals surface area contributed by atoms with Gasteiger partial charge in [-0.3, -0.25) is 4.79 Å². The van der Waals surface area contributed by atoms with Crippen LogP contribution in [-0.2, 0) is 16.1 Å². The van der Waals surface area contributed by atoms with E-state index in [9.17, 15) is 18.4 Å². The number of halogens is 2. The molecule has 0 aliphatic carbocycles. The van der Waals surface area contributed by atoms with Gasteiger partial charge in [0.05, 0.1) is 13.7 Å². The summed E-state index contributed by atoms with van der Waals surface area (Å²) in [5.41, 5.74) is 0.168. The van der Waals surface area contributed by atoms with Crippen molar-refractivity contribution in [3.63, 3.8) is 0 Å². The van der Waals surface area contributed by atoms with Crippen LogP contribution in [0.2, 0.25) is 0 Å². The standard InChI is InChI=1S/C13H16F2N2O3/c1-20-13(19)10-5-3-7-17(10)12(18)9-4-2-6-16(9)8-11(14)15/h2,4,6,10-11H,3,5,7-8H2,1H3. The highest BCUT2D eigenvalue weighted by Gasteiger charge is 2.36. The van der Waals surface area contributed by atoms with Gasteiger partial charge < -0.3 is 14.2 Å². The second kappa shape index (κ2) is 6.02. The van der Waals surface area contributed by atoms with Crippen molar-refractivity contribution in [2.75, 3.05) is 13.7 Å². The molecule has 1 aromatic rings. The van der Waals surface area contributed by atoms with E-state index in [-0.39, 0.29) is 5.69 Å². The zero-order valence-electron chi connectivity index (χ0n) is 11.1. The molecule has 1 amide bonds. The third kappa shape index (κ3) is 2.81. The number of likely N-dealkylation sites (tertiary alicyclic amines) is 1. The smallest absolute Gasteiger partial charge is 0.328 e. The number of methoxy groups -OCH3 is 1. The minimum absolute atomic E-state index is 0.168. The van der Waals surface area contributed by atoms with Gasteiger partial charge >= 0.3 is 5.97 Å². The number of esters is 1. The molecule has 1 aliphatic heterocycles. The molecule has 1 saturated heterocycles. The predicted molar refractivity (Wildman–Crippen MR) is 66.5 cm³/mol. The van der Waals surface area contributed by atoms with E-state index in [4.69, 9.17) is 0 Å². The van der Waals surface area contributed by atoms with Gasteiger partial charge in [0.15, 0.2) is 0 Å². The molecule has 2 heterocycles. The number of ether oxygens (including phenoxy) is 1. The largest absolute Gasteiger partial charge is 0.467 e. The van der Waals surface area contributed by atoms with Gasteiger partial charge in [-0.25, -0.2) is 13.6 Å². The highest BCUT2D eigenvalue weighted by Crippen LogP contribution is 2.21. The Balaban J connectivity index is 2.18. The van der Waals surface area contributed by atoms with Crippen LogP contribution >= 0.6 is 0 Å². The molecule has 1 aliphatic rings. The summed E-state index contributed by atoms with van der Waals surface area (Å²) in [4.78, 5) is 25.4. The van der Waals surface area contributed by atoms with E-state index in [1.54, 1.807) is 6.07 Å². The van der Waals surface area contributed by atoms with E-state index >= 15 is 0 Å². The van der Waals surface area contributed by atoms with Crippen LogP contribution in [0.15, 0.2) is 18.3 Å². The maximum absolute atomic E-state index is 12.5. The van der Waals surface area contributed by atoms with Gasteiger partial charge in [-0.05, 0) is 25.0 Å². The maximum Gasteiger partial charge on any atom is 0.328 e. The molecule has 0 bridgehead atoms. The minimum Gasteiger partial charge on any atom is -0.467 e. The van der Waals surface area contributed by atoms with Gasteiger partial charge in [0.25, 0.3) is 12.3 Å². The number of carbonyl (C=O) groups excluding carboxylic acids is 2. The van der Waals surface area contributed by atoms with E-state index in [2.05, 4.69) is 4.74 Å². The first-order valence-electron chi connectivity index (χ1n) is 6.36. The van der Waals surface area contributed by atoms with Crippen LogP contribution in [0.4, 0.5) is 8.78 Å². The lowest BCUT2D eigenvalue weighted by atomic mass is 10.2. The number of nitrogens with zero attached hydrogens (tertiary/aromatic N) is 2. The molecule has 1 atom stereocenters. The third-order valence-electron chi connectivity index (χ3n) is 3.37. The Morgan fingerprint density at radius 3 is 2.90 bits per heavy atom. The summed E-state index contributed by atoms with van der Waals surface area (Å²) in [7, 11) is 1.27. The van der Waals surface area contributed by atoms with Crippen molar-refractivity contribution in [2.45, 2.75) is 31.9 Å². The molecular formula is C13H16F2N2O3. The highest BCUT2D eigenvalue weighted by atomic mass is 19.3. The SMILES string of the molecule is COC(=O)C1CCCN1C(=O)c1cccn1CC(F)F. The number of hydrogen-bond acceptors (Lipinski definition) is 3. The Kier molecular flexibility index (Phi) is 4.36. The van der Waals surface area contributed by atoms with Crippen molar-refractivity contribution in [3.8, 4) is 0 Å². The fourth-order valence-corrected chi connectivity index (χ4v) is 2.45. The fourth-order valence-electron chi connectivity index (χ4n) is 2.45. The van der Waals surface area contributed by atoms with Crippen molar-refractivity contribution in [3.05, 3.63) is 24.0 Å². The quantitative estimate of drug-likeness (QED) is 0.789. The molecule has 1 unspecified atom stereocenters. The fraction of sp³-hybridized carbons (Fsp3) is 0.538. The van der Waals surface area contributed by atoms with Crippen LogP contribution in [0.3, 0.4) is 0 Å². The summed E-state index contributed by atoms with van der Waals surface area (Å²) in [6.07, 6.45) is 0.126. The number of rotatable bonds is 4. The first kappa shape index (κ1) is 14.5. The van der Waals surface area contributed by atoms with Crippen molar-refractivity contribution in [1.29, 1.82) is 0 Å². The normalized spacial score (nSPS) is 18.6. The van der Waals surface area contributed by atoms with Gasteiger partial charge in [-0.15, -0.1) is 0 Å². The minimum atomic E-state index is -2.54. The monoisotopic (exact) mass is 286 g/mol. The van der Waals surface area contributed by atoms with Gasteiger partial charge in [-0.2, -0.15) is 0 Å². The second-order valence-corrected chi connectivity index (χ2v) is 4.62. The lowest BCUT2D eigenvalue weighted by molar-refractivity contribution is -0.145. The summed E-state index contributed by atoms with van der Waals surface area (Å²) in [5, 5.41) is 0. The van der Waals surface area contributed by atoms with E-state index < -0.39 is 30.9 Å². The average molecular weight is 286 g/mol. The van der Waals surface area contributed by atoms with Gasteiger partial charge in [0.2, 0.25) is 0 Å². The second-order valence-electron chi connectivity index (χ2n) is 4.62. The maximum atomic E-state index is 12.5. The molecule has 0 spiro atoms. The molecule has 0 N–H and O–H groups in total. The first-order valence-corrected chi connectivity index (χ1v) is 6.36. The number of hydrogen-bond donors (Lipinski definition) is 0. The molecule has 5 nitrogen and oxygen atoms in total. The van der Waals surface area contributed by atoms with Crippen LogP contribution in [0.5, 0.6) is 0 Å². The molecule has 7 heteroatoms. The summed E-state index contributed by atoms with van der Waals surface area (Å²) < 4.78 is 30.8. The first-order chi connectivity index (χ1) is 9.54. The lowest BCUT2D eigenvalue weighted by Gasteiger charge is -2.23. The molecule has 1 aromatic heterocycles. The molecule has 1 fully saturated rings. The predicted octanol–water partition coefficient (Wildman–Crippen LogP) is 1.53. The molecular weight excluding hydrogens is 270 g/mol. The Morgan fingerprint density at radius 2 is 2.25 bits per heavy atom. The highest BCUT2D eigenvalue weighted by molar-refractivity contribution is 5.96. The Morgan fingerprint density at radius 1 is 1.50 bits per heavy atom. The topological polar surface area (TPSA) is 51.5 Å². The summed E-state index contributed by atoms with van der Waals surface area (Å²) in [6, 6.07) is 2.40. The van der Waals surface area contributed by atoms with Crippen LogP contribution in [-0.4, -0.2) is 47.5 Å². The summed E-state index contributed by atoms with van der Waals surface area (Å²) in [5.74, 6) is -0.883. The van der Waals surface area contributed by atoms with E-state index in [0.717, 1.165) is 0 Å². The third-order valence-corrected chi connectivity index (χ3v) is 3.37. The molecule has 2 rings (SSSR count). The van der Waals surface area contributed by atoms with Gasteiger partial charge in [0, 0.05) is 12.7 Å². The Hall–Kier alpha value is -1.92. The number of aromatic nitrogens is 1. The Labute approximate surface area is 115 Å². The summed E-state index contributed by atoms with van der Waals surface area (Å²) in [6.45, 7) is -0.108. The van der Waals surface area contributed by atoms with E-state index in [0.29, 0.717) is 19.4 Å². The van der Waals surface area contributed by atoms with Crippen molar-refractivity contribution >= 4 is 11.9 Å². The number of carbonyl (C=O) groups is 2. The number of amides is 1. The zero-order chi connectivity index (χ0) is 14.7. The van der Waals surface area contributed by atoms with Crippen LogP contribution in [0, 0.1) is 0 Å². The molecule has 110 valence electrons. The number of alkyl halides is 2. The van der Waals surface area contributed by atoms with E-state index in [1.165, 1.54) is 28.8 Å². The zero-order valence-corrected chi connectivity index (χ0v) is 11.1. The van der Waals surface area contributed by atoms with Crippen molar-refractivity contribution in [1.82, 2.24) is 9.47 Å². The molecule has 0 radical (unpaired) electrons. The molecule has 20 heavy (non-hydrogen) atoms. The molecule has 0 aromatic carbocycles. The summed E-state index contributed by atoms with van der Waals surface area (Å²) >= 11 is 0. The van der Waals surface area contributed by atoms with Crippen LogP contribution in [0.25, 0.3) is 0 Å². The van der Waals surface area contributed by atoms with E-state index in [1.807, 2.05) is 0 Å².